The van der Waals surface area contributed by atoms with Crippen molar-refractivity contribution in [2.75, 3.05) is 19.7 Å². The third-order valence-corrected chi connectivity index (χ3v) is 3.64. The Morgan fingerprint density at radius 3 is 2.70 bits per heavy atom. The predicted molar refractivity (Wildman–Crippen MR) is 74.4 cm³/mol. The Hall–Kier alpha value is -1.56. The van der Waals surface area contributed by atoms with Gasteiger partial charge in [0.1, 0.15) is 5.76 Å². The van der Waals surface area contributed by atoms with Crippen LogP contribution >= 0.6 is 0 Å². The maximum absolute atomic E-state index is 11.6. The molecule has 0 aromatic carbocycles. The molecule has 1 saturated heterocycles. The van der Waals surface area contributed by atoms with Gasteiger partial charge in [0.25, 0.3) is 0 Å². The van der Waals surface area contributed by atoms with Gasteiger partial charge in [-0.3, -0.25) is 0 Å². The van der Waals surface area contributed by atoms with E-state index in [9.17, 15) is 4.79 Å². The number of nitrogens with one attached hydrogen (secondary N) is 1. The Bertz CT molecular complexity index is 431. The van der Waals surface area contributed by atoms with Crippen LogP contribution in [0.15, 0.2) is 4.42 Å². The quantitative estimate of drug-likeness (QED) is 0.914. The van der Waals surface area contributed by atoms with E-state index in [1.807, 2.05) is 20.8 Å². The van der Waals surface area contributed by atoms with Crippen molar-refractivity contribution in [1.82, 2.24) is 15.2 Å². The number of rotatable bonds is 4. The zero-order chi connectivity index (χ0) is 14.5. The summed E-state index contributed by atoms with van der Waals surface area (Å²) < 4.78 is 10.5. The van der Waals surface area contributed by atoms with E-state index < -0.39 is 0 Å². The first kappa shape index (κ1) is 14.8. The number of piperidine rings is 1. The van der Waals surface area contributed by atoms with Gasteiger partial charge in [-0.1, -0.05) is 0 Å². The molecule has 0 unspecified atom stereocenters. The highest BCUT2D eigenvalue weighted by atomic mass is 16.6. The average Bonchev–Trinajstić information content (AvgIpc) is 2.76. The Balaban J connectivity index is 1.73. The molecule has 0 aliphatic carbocycles. The summed E-state index contributed by atoms with van der Waals surface area (Å²) in [6, 6.07) is 0.396. The van der Waals surface area contributed by atoms with Crippen LogP contribution in [0.2, 0.25) is 0 Å². The van der Waals surface area contributed by atoms with Crippen molar-refractivity contribution in [1.29, 1.82) is 0 Å². The summed E-state index contributed by atoms with van der Waals surface area (Å²) in [7, 11) is 0. The normalized spacial score (nSPS) is 16.4. The summed E-state index contributed by atoms with van der Waals surface area (Å²) in [4.78, 5) is 17.7. The topological polar surface area (TPSA) is 67.6 Å². The number of aryl methyl sites for hydroxylation is 2. The lowest BCUT2D eigenvalue weighted by Gasteiger charge is -2.31. The third kappa shape index (κ3) is 3.72. The molecule has 1 aliphatic rings. The second-order valence-electron chi connectivity index (χ2n) is 5.09. The maximum Gasteiger partial charge on any atom is 0.409 e. The molecule has 1 amide bonds. The van der Waals surface area contributed by atoms with Crippen LogP contribution in [-0.4, -0.2) is 41.7 Å². The number of nitrogens with zero attached hydrogens (tertiary/aromatic N) is 2. The molecule has 1 aromatic rings. The molecular formula is C14H23N3O3. The fraction of sp³-hybridized carbons (Fsp3) is 0.714. The zero-order valence-corrected chi connectivity index (χ0v) is 12.4. The highest BCUT2D eigenvalue weighted by molar-refractivity contribution is 5.67. The average molecular weight is 281 g/mol. The number of ether oxygens (including phenoxy) is 1. The number of oxazole rings is 1. The van der Waals surface area contributed by atoms with Crippen LogP contribution in [0.5, 0.6) is 0 Å². The van der Waals surface area contributed by atoms with Gasteiger partial charge in [-0.25, -0.2) is 9.78 Å². The lowest BCUT2D eigenvalue weighted by Crippen LogP contribution is -2.44. The molecule has 6 heteroatoms. The number of aromatic nitrogens is 1. The van der Waals surface area contributed by atoms with Crippen molar-refractivity contribution in [3.05, 3.63) is 17.3 Å². The van der Waals surface area contributed by atoms with E-state index in [4.69, 9.17) is 9.15 Å². The van der Waals surface area contributed by atoms with Crippen molar-refractivity contribution in [2.24, 2.45) is 0 Å². The molecule has 112 valence electrons. The van der Waals surface area contributed by atoms with E-state index >= 15 is 0 Å². The molecule has 6 nitrogen and oxygen atoms in total. The van der Waals surface area contributed by atoms with Crippen molar-refractivity contribution >= 4 is 6.09 Å². The van der Waals surface area contributed by atoms with Crippen LogP contribution in [0.1, 0.15) is 37.1 Å². The molecule has 20 heavy (non-hydrogen) atoms. The Labute approximate surface area is 119 Å². The second-order valence-corrected chi connectivity index (χ2v) is 5.09. The number of amides is 1. The molecule has 0 bridgehead atoms. The number of carbonyl (C=O) groups is 1. The number of likely N-dealkylation sites (tertiary alicyclic amines) is 1. The van der Waals surface area contributed by atoms with Gasteiger partial charge in [0.15, 0.2) is 0 Å². The highest BCUT2D eigenvalue weighted by Gasteiger charge is 2.23. The number of carbonyl (C=O) groups excluding carboxylic acids is 1. The standard InChI is InChI=1S/C14H23N3O3/c1-4-19-14(18)17-7-5-12(6-8-17)15-9-13-16-10(2)11(3)20-13/h12,15H,4-9H2,1-3H3. The number of hydrogen-bond donors (Lipinski definition) is 1. The highest BCUT2D eigenvalue weighted by Crippen LogP contribution is 2.13. The van der Waals surface area contributed by atoms with Gasteiger partial charge in [-0.05, 0) is 33.6 Å². The Kier molecular flexibility index (Phi) is 5.00. The summed E-state index contributed by atoms with van der Waals surface area (Å²) in [6.07, 6.45) is 1.65. The van der Waals surface area contributed by atoms with Gasteiger partial charge in [-0.2, -0.15) is 0 Å². The minimum atomic E-state index is -0.204. The molecule has 1 fully saturated rings. The van der Waals surface area contributed by atoms with Crippen LogP contribution in [0.3, 0.4) is 0 Å². The van der Waals surface area contributed by atoms with E-state index in [0.717, 1.165) is 43.3 Å². The van der Waals surface area contributed by atoms with Gasteiger partial charge in [0, 0.05) is 19.1 Å². The monoisotopic (exact) mass is 281 g/mol. The maximum atomic E-state index is 11.6. The first-order valence-corrected chi connectivity index (χ1v) is 7.18. The molecule has 2 rings (SSSR count). The summed E-state index contributed by atoms with van der Waals surface area (Å²) in [5.74, 6) is 1.60. The van der Waals surface area contributed by atoms with Gasteiger partial charge in [0.05, 0.1) is 18.8 Å². The van der Waals surface area contributed by atoms with Gasteiger partial charge >= 0.3 is 6.09 Å². The molecule has 1 aliphatic heterocycles. The van der Waals surface area contributed by atoms with Crippen LogP contribution < -0.4 is 5.32 Å². The fourth-order valence-corrected chi connectivity index (χ4v) is 2.33. The summed E-state index contributed by atoms with van der Waals surface area (Å²) in [5.41, 5.74) is 0.943. The molecule has 0 radical (unpaired) electrons. The molecule has 1 aromatic heterocycles. The summed E-state index contributed by atoms with van der Waals surface area (Å²) >= 11 is 0. The Morgan fingerprint density at radius 1 is 1.45 bits per heavy atom. The SMILES string of the molecule is CCOC(=O)N1CCC(NCc2nc(C)c(C)o2)CC1. The minimum Gasteiger partial charge on any atom is -0.450 e. The summed E-state index contributed by atoms with van der Waals surface area (Å²) in [5, 5.41) is 3.43. The third-order valence-electron chi connectivity index (χ3n) is 3.64. The van der Waals surface area contributed by atoms with Crippen molar-refractivity contribution < 1.29 is 13.9 Å². The van der Waals surface area contributed by atoms with E-state index in [1.54, 1.807) is 4.90 Å². The lowest BCUT2D eigenvalue weighted by molar-refractivity contribution is 0.0948. The second kappa shape index (κ2) is 6.74. The van der Waals surface area contributed by atoms with Crippen molar-refractivity contribution in [3.63, 3.8) is 0 Å². The molecule has 0 saturated carbocycles. The molecule has 1 N–H and O–H groups in total. The zero-order valence-electron chi connectivity index (χ0n) is 12.4. The van der Waals surface area contributed by atoms with Crippen LogP contribution in [0, 0.1) is 13.8 Å². The first-order valence-electron chi connectivity index (χ1n) is 7.18. The number of hydrogen-bond acceptors (Lipinski definition) is 5. The predicted octanol–water partition coefficient (Wildman–Crippen LogP) is 2.00. The van der Waals surface area contributed by atoms with E-state index in [1.165, 1.54) is 0 Å². The Morgan fingerprint density at radius 2 is 2.15 bits per heavy atom. The van der Waals surface area contributed by atoms with Crippen LogP contribution in [0.25, 0.3) is 0 Å². The lowest BCUT2D eigenvalue weighted by atomic mass is 10.1. The van der Waals surface area contributed by atoms with Crippen molar-refractivity contribution in [2.45, 2.75) is 46.2 Å². The smallest absolute Gasteiger partial charge is 0.409 e. The van der Waals surface area contributed by atoms with E-state index in [0.29, 0.717) is 19.2 Å². The molecule has 0 spiro atoms. The molecule has 2 heterocycles. The van der Waals surface area contributed by atoms with Gasteiger partial charge in [-0.15, -0.1) is 0 Å². The van der Waals surface area contributed by atoms with Crippen molar-refractivity contribution in [3.8, 4) is 0 Å². The molecule has 0 atom stereocenters. The minimum absolute atomic E-state index is 0.204. The van der Waals surface area contributed by atoms with Crippen LogP contribution in [0.4, 0.5) is 4.79 Å². The van der Waals surface area contributed by atoms with E-state index in [-0.39, 0.29) is 6.09 Å². The first-order chi connectivity index (χ1) is 9.60. The summed E-state index contributed by atoms with van der Waals surface area (Å²) in [6.45, 7) is 8.23. The van der Waals surface area contributed by atoms with E-state index in [2.05, 4.69) is 10.3 Å². The fourth-order valence-electron chi connectivity index (χ4n) is 2.33. The van der Waals surface area contributed by atoms with Crippen LogP contribution in [-0.2, 0) is 11.3 Å². The largest absolute Gasteiger partial charge is 0.450 e. The molecular weight excluding hydrogens is 258 g/mol. The van der Waals surface area contributed by atoms with Gasteiger partial charge < -0.3 is 19.4 Å². The van der Waals surface area contributed by atoms with Gasteiger partial charge in [0.2, 0.25) is 5.89 Å².